The summed E-state index contributed by atoms with van der Waals surface area (Å²) in [6.45, 7) is 4.54. The average molecular weight is 658 g/mol. The summed E-state index contributed by atoms with van der Waals surface area (Å²) in [4.78, 5) is 15.0. The quantitative estimate of drug-likeness (QED) is 0.188. The fourth-order valence-electron chi connectivity index (χ4n) is 7.58. The molecule has 0 N–H and O–H groups in total. The lowest BCUT2D eigenvalue weighted by molar-refractivity contribution is 0.361. The second-order valence-electron chi connectivity index (χ2n) is 13.6. The molecule has 0 radical (unpaired) electrons. The van der Waals surface area contributed by atoms with Crippen molar-refractivity contribution in [2.75, 3.05) is 0 Å². The van der Waals surface area contributed by atoms with Gasteiger partial charge in [-0.3, -0.25) is 0 Å². The van der Waals surface area contributed by atoms with Crippen LogP contribution in [0.1, 0.15) is 25.0 Å². The summed E-state index contributed by atoms with van der Waals surface area (Å²) in [5.74, 6) is 4.69. The van der Waals surface area contributed by atoms with Crippen LogP contribution in [0.3, 0.4) is 0 Å². The minimum Gasteiger partial charge on any atom is -0.449 e. The van der Waals surface area contributed by atoms with Crippen molar-refractivity contribution in [2.45, 2.75) is 19.3 Å². The van der Waals surface area contributed by atoms with E-state index in [-0.39, 0.29) is 5.41 Å². The van der Waals surface area contributed by atoms with Gasteiger partial charge < -0.3 is 9.47 Å². The van der Waals surface area contributed by atoms with E-state index in [2.05, 4.69) is 98.8 Å². The van der Waals surface area contributed by atoms with Crippen molar-refractivity contribution in [1.82, 2.24) is 15.0 Å². The van der Waals surface area contributed by atoms with Gasteiger partial charge in [-0.1, -0.05) is 141 Å². The maximum Gasteiger partial charge on any atom is 0.178 e. The van der Waals surface area contributed by atoms with Crippen LogP contribution in [-0.4, -0.2) is 15.0 Å². The van der Waals surface area contributed by atoms with Crippen molar-refractivity contribution >= 4 is 10.8 Å². The highest BCUT2D eigenvalue weighted by atomic mass is 16.6. The van der Waals surface area contributed by atoms with Gasteiger partial charge in [-0.2, -0.15) is 0 Å². The van der Waals surface area contributed by atoms with Crippen LogP contribution < -0.4 is 9.47 Å². The van der Waals surface area contributed by atoms with Gasteiger partial charge in [0.15, 0.2) is 40.5 Å². The maximum atomic E-state index is 6.75. The van der Waals surface area contributed by atoms with Crippen molar-refractivity contribution < 1.29 is 9.47 Å². The number of hydrogen-bond acceptors (Lipinski definition) is 5. The molecular formula is C46H31N3O2. The van der Waals surface area contributed by atoms with Gasteiger partial charge in [0.1, 0.15) is 0 Å². The van der Waals surface area contributed by atoms with E-state index in [0.29, 0.717) is 34.7 Å². The van der Waals surface area contributed by atoms with Gasteiger partial charge in [-0.05, 0) is 57.3 Å². The molecule has 7 aromatic carbocycles. The second kappa shape index (κ2) is 11.2. The highest BCUT2D eigenvalue weighted by Gasteiger charge is 2.39. The average Bonchev–Trinajstić information content (AvgIpc) is 3.43. The van der Waals surface area contributed by atoms with Crippen LogP contribution in [-0.2, 0) is 5.41 Å². The van der Waals surface area contributed by atoms with Gasteiger partial charge in [-0.15, -0.1) is 0 Å². The first-order valence-corrected chi connectivity index (χ1v) is 17.2. The number of benzene rings is 7. The standard InChI is InChI=1S/C46H31N3O2/c1-46(2)36-20-9-8-18-35(36)40-37(46)24-25-39-42(40)51-38-21-11-19-34(41(38)50-39)31-16-10-17-32(27-31)44-47-43(29-13-4-3-5-14-29)48-45(49-44)33-23-22-28-12-6-7-15-30(28)26-33/h3-27H,1-2H3. The van der Waals surface area contributed by atoms with Gasteiger partial charge in [0.05, 0.1) is 0 Å². The minimum absolute atomic E-state index is 0.129. The number of hydrogen-bond donors (Lipinski definition) is 0. The molecule has 8 aromatic rings. The lowest BCUT2D eigenvalue weighted by Crippen LogP contribution is -2.15. The highest BCUT2D eigenvalue weighted by molar-refractivity contribution is 5.89. The molecule has 0 fully saturated rings. The Morgan fingerprint density at radius 3 is 1.86 bits per heavy atom. The molecule has 242 valence electrons. The molecule has 5 nitrogen and oxygen atoms in total. The van der Waals surface area contributed by atoms with Gasteiger partial charge in [0, 0.05) is 33.2 Å². The Bertz CT molecular complexity index is 2680. The molecule has 0 spiro atoms. The van der Waals surface area contributed by atoms with Crippen LogP contribution in [0.2, 0.25) is 0 Å². The third-order valence-electron chi connectivity index (χ3n) is 10.2. The molecule has 0 atom stereocenters. The predicted molar refractivity (Wildman–Crippen MR) is 203 cm³/mol. The zero-order valence-corrected chi connectivity index (χ0v) is 28.1. The summed E-state index contributed by atoms with van der Waals surface area (Å²) in [6.07, 6.45) is 0. The molecule has 1 aliphatic carbocycles. The van der Waals surface area contributed by atoms with Crippen LogP contribution in [0.15, 0.2) is 152 Å². The SMILES string of the molecule is CC1(C)c2ccccc2-c2c1ccc1c2Oc2cccc(-c3cccc(-c4nc(-c5ccccc5)nc(-c5ccc6ccccc6c5)n4)c3)c2O1. The molecule has 0 saturated heterocycles. The summed E-state index contributed by atoms with van der Waals surface area (Å²) in [5.41, 5.74) is 9.35. The molecule has 0 saturated carbocycles. The van der Waals surface area contributed by atoms with E-state index in [1.54, 1.807) is 0 Å². The second-order valence-corrected chi connectivity index (χ2v) is 13.6. The molecule has 1 aliphatic heterocycles. The van der Waals surface area contributed by atoms with Gasteiger partial charge in [-0.25, -0.2) is 15.0 Å². The molecule has 10 rings (SSSR count). The Kier molecular flexibility index (Phi) is 6.46. The molecule has 51 heavy (non-hydrogen) atoms. The number of para-hydroxylation sites is 1. The van der Waals surface area contributed by atoms with Crippen LogP contribution in [0.25, 0.3) is 67.2 Å². The van der Waals surface area contributed by atoms with Crippen LogP contribution >= 0.6 is 0 Å². The van der Waals surface area contributed by atoms with Gasteiger partial charge in [0.2, 0.25) is 0 Å². The summed E-state index contributed by atoms with van der Waals surface area (Å²) in [6, 6.07) is 51.9. The minimum atomic E-state index is -0.129. The van der Waals surface area contributed by atoms with Crippen molar-refractivity contribution in [3.05, 3.63) is 163 Å². The Balaban J connectivity index is 1.07. The number of nitrogens with zero attached hydrogens (tertiary/aromatic N) is 3. The van der Waals surface area contributed by atoms with Crippen molar-refractivity contribution in [2.24, 2.45) is 0 Å². The third kappa shape index (κ3) is 4.73. The summed E-state index contributed by atoms with van der Waals surface area (Å²) in [5, 5.41) is 2.31. The summed E-state index contributed by atoms with van der Waals surface area (Å²) >= 11 is 0. The largest absolute Gasteiger partial charge is 0.449 e. The van der Waals surface area contributed by atoms with E-state index < -0.39 is 0 Å². The normalized spacial score (nSPS) is 13.4. The summed E-state index contributed by atoms with van der Waals surface area (Å²) in [7, 11) is 0. The number of rotatable bonds is 4. The number of ether oxygens (including phenoxy) is 2. The summed E-state index contributed by atoms with van der Waals surface area (Å²) < 4.78 is 13.5. The first kappa shape index (κ1) is 29.3. The molecule has 0 bridgehead atoms. The molecule has 0 amide bonds. The Morgan fingerprint density at radius 2 is 1.02 bits per heavy atom. The van der Waals surface area contributed by atoms with E-state index in [1.807, 2.05) is 66.7 Å². The van der Waals surface area contributed by atoms with Gasteiger partial charge in [0.25, 0.3) is 0 Å². The maximum absolute atomic E-state index is 6.75. The lowest BCUT2D eigenvalue weighted by atomic mass is 9.82. The smallest absolute Gasteiger partial charge is 0.178 e. The monoisotopic (exact) mass is 657 g/mol. The van der Waals surface area contributed by atoms with Crippen molar-refractivity contribution in [1.29, 1.82) is 0 Å². The number of fused-ring (bicyclic) bond motifs is 7. The molecule has 2 heterocycles. The third-order valence-corrected chi connectivity index (χ3v) is 10.2. The predicted octanol–water partition coefficient (Wildman–Crippen LogP) is 11.9. The van der Waals surface area contributed by atoms with E-state index in [0.717, 1.165) is 44.5 Å². The Hall–Kier alpha value is -6.59. The van der Waals surface area contributed by atoms with E-state index in [4.69, 9.17) is 24.4 Å². The lowest BCUT2D eigenvalue weighted by Gasteiger charge is -2.26. The van der Waals surface area contributed by atoms with E-state index in [1.165, 1.54) is 22.1 Å². The fourth-order valence-corrected chi connectivity index (χ4v) is 7.58. The van der Waals surface area contributed by atoms with Crippen molar-refractivity contribution in [3.8, 4) is 79.4 Å². The van der Waals surface area contributed by atoms with Crippen molar-refractivity contribution in [3.63, 3.8) is 0 Å². The Labute approximate surface area is 295 Å². The number of aromatic nitrogens is 3. The van der Waals surface area contributed by atoms with Gasteiger partial charge >= 0.3 is 0 Å². The Morgan fingerprint density at radius 1 is 0.412 bits per heavy atom. The van der Waals surface area contributed by atoms with Crippen LogP contribution in [0.5, 0.6) is 23.0 Å². The zero-order chi connectivity index (χ0) is 34.1. The van der Waals surface area contributed by atoms with E-state index >= 15 is 0 Å². The van der Waals surface area contributed by atoms with E-state index in [9.17, 15) is 0 Å². The topological polar surface area (TPSA) is 57.1 Å². The van der Waals surface area contributed by atoms with Crippen LogP contribution in [0, 0.1) is 0 Å². The molecular weight excluding hydrogens is 627 g/mol. The molecule has 0 unspecified atom stereocenters. The zero-order valence-electron chi connectivity index (χ0n) is 28.1. The molecule has 1 aromatic heterocycles. The molecule has 5 heteroatoms. The highest BCUT2D eigenvalue weighted by Crippen LogP contribution is 2.59. The van der Waals surface area contributed by atoms with Crippen LogP contribution in [0.4, 0.5) is 0 Å². The first-order valence-electron chi connectivity index (χ1n) is 17.2. The fraction of sp³-hybridized carbons (Fsp3) is 0.0652. The molecule has 2 aliphatic rings. The first-order chi connectivity index (χ1) is 25.0.